The second-order valence-corrected chi connectivity index (χ2v) is 2.59. The van der Waals surface area contributed by atoms with E-state index in [1.807, 2.05) is 6.92 Å². The fraction of sp³-hybridized carbons (Fsp3) is 0.625. The molecule has 56 valence electrons. The number of carbonyl (C=O) groups is 1. The third-order valence-electron chi connectivity index (χ3n) is 1.91. The van der Waals surface area contributed by atoms with Gasteiger partial charge in [-0.05, 0) is 12.3 Å². The van der Waals surface area contributed by atoms with Crippen molar-refractivity contribution >= 4 is 5.78 Å². The van der Waals surface area contributed by atoms with Gasteiger partial charge < -0.3 is 5.73 Å². The Kier molecular flexibility index (Phi) is 3.11. The van der Waals surface area contributed by atoms with Gasteiger partial charge in [-0.1, -0.05) is 13.8 Å². The molecule has 10 heavy (non-hydrogen) atoms. The molecular formula is C8H13NO. The van der Waals surface area contributed by atoms with E-state index >= 15 is 0 Å². The Morgan fingerprint density at radius 1 is 1.80 bits per heavy atom. The molecule has 0 aromatic carbocycles. The molecule has 0 bridgehead atoms. The Bertz CT molecular complexity index is 163. The van der Waals surface area contributed by atoms with Gasteiger partial charge in [-0.15, -0.1) is 6.42 Å². The van der Waals surface area contributed by atoms with E-state index in [0.717, 1.165) is 0 Å². The Morgan fingerprint density at radius 2 is 2.30 bits per heavy atom. The minimum Gasteiger partial charge on any atom is -0.329 e. The molecule has 0 saturated heterocycles. The second-order valence-electron chi connectivity index (χ2n) is 2.59. The van der Waals surface area contributed by atoms with E-state index in [1.54, 1.807) is 6.92 Å². The number of nitrogens with two attached hydrogens (primary N) is 1. The predicted molar refractivity (Wildman–Crippen MR) is 41.3 cm³/mol. The first-order valence-corrected chi connectivity index (χ1v) is 3.32. The first kappa shape index (κ1) is 9.19. The van der Waals surface area contributed by atoms with E-state index in [-0.39, 0.29) is 5.78 Å². The van der Waals surface area contributed by atoms with E-state index in [4.69, 9.17) is 12.2 Å². The fourth-order valence-electron chi connectivity index (χ4n) is 0.572. The number of carbonyl (C=O) groups excluding carboxylic acids is 1. The van der Waals surface area contributed by atoms with Crippen LogP contribution in [0.4, 0.5) is 0 Å². The van der Waals surface area contributed by atoms with Crippen LogP contribution in [0.25, 0.3) is 0 Å². The van der Waals surface area contributed by atoms with E-state index in [1.165, 1.54) is 0 Å². The highest BCUT2D eigenvalue weighted by Gasteiger charge is 2.27. The van der Waals surface area contributed by atoms with Gasteiger partial charge in [0.15, 0.2) is 0 Å². The maximum atomic E-state index is 11.0. The molecule has 0 rings (SSSR count). The van der Waals surface area contributed by atoms with Crippen LogP contribution in [0, 0.1) is 17.8 Å². The van der Waals surface area contributed by atoms with Crippen molar-refractivity contribution in [2.45, 2.75) is 20.3 Å². The van der Waals surface area contributed by atoms with Gasteiger partial charge >= 0.3 is 0 Å². The van der Waals surface area contributed by atoms with Crippen molar-refractivity contribution in [3.05, 3.63) is 0 Å². The van der Waals surface area contributed by atoms with Crippen LogP contribution in [-0.4, -0.2) is 12.3 Å². The zero-order chi connectivity index (χ0) is 8.20. The van der Waals surface area contributed by atoms with Crippen LogP contribution >= 0.6 is 0 Å². The van der Waals surface area contributed by atoms with E-state index < -0.39 is 5.41 Å². The highest BCUT2D eigenvalue weighted by atomic mass is 16.1. The minimum atomic E-state index is -0.505. The van der Waals surface area contributed by atoms with Crippen LogP contribution in [-0.2, 0) is 4.79 Å². The van der Waals surface area contributed by atoms with Crippen molar-refractivity contribution in [1.29, 1.82) is 0 Å². The SMILES string of the molecule is C#CC(=O)C(C)(CC)CN. The molecule has 0 fully saturated rings. The van der Waals surface area contributed by atoms with Crippen molar-refractivity contribution in [1.82, 2.24) is 0 Å². The third-order valence-corrected chi connectivity index (χ3v) is 1.91. The summed E-state index contributed by atoms with van der Waals surface area (Å²) in [5.41, 5.74) is 4.87. The summed E-state index contributed by atoms with van der Waals surface area (Å²) in [7, 11) is 0. The molecule has 0 aromatic rings. The van der Waals surface area contributed by atoms with Crippen LogP contribution in [0.2, 0.25) is 0 Å². The van der Waals surface area contributed by atoms with Gasteiger partial charge in [-0.2, -0.15) is 0 Å². The lowest BCUT2D eigenvalue weighted by molar-refractivity contribution is -0.121. The van der Waals surface area contributed by atoms with Crippen molar-refractivity contribution in [3.8, 4) is 12.3 Å². The summed E-state index contributed by atoms with van der Waals surface area (Å²) in [6.45, 7) is 4.02. The quantitative estimate of drug-likeness (QED) is 0.458. The lowest BCUT2D eigenvalue weighted by Gasteiger charge is -2.20. The van der Waals surface area contributed by atoms with Crippen molar-refractivity contribution in [2.24, 2.45) is 11.1 Å². The molecule has 1 atom stereocenters. The molecule has 0 aliphatic heterocycles. The maximum Gasteiger partial charge on any atom is 0.212 e. The molecule has 0 radical (unpaired) electrons. The molecule has 0 heterocycles. The average molecular weight is 139 g/mol. The lowest BCUT2D eigenvalue weighted by Crippen LogP contribution is -2.34. The summed E-state index contributed by atoms with van der Waals surface area (Å²) < 4.78 is 0. The van der Waals surface area contributed by atoms with Gasteiger partial charge in [-0.3, -0.25) is 4.79 Å². The summed E-state index contributed by atoms with van der Waals surface area (Å²) in [5.74, 6) is 1.89. The van der Waals surface area contributed by atoms with Gasteiger partial charge in [0.1, 0.15) is 0 Å². The Labute approximate surface area is 61.8 Å². The van der Waals surface area contributed by atoms with Gasteiger partial charge in [-0.25, -0.2) is 0 Å². The minimum absolute atomic E-state index is 0.197. The summed E-state index contributed by atoms with van der Waals surface area (Å²) in [6, 6.07) is 0. The average Bonchev–Trinajstić information content (AvgIpc) is 2.01. The number of Topliss-reactive ketones (excluding diaryl/α,β-unsaturated/α-hetero) is 1. The summed E-state index contributed by atoms with van der Waals surface area (Å²) >= 11 is 0. The predicted octanol–water partition coefficient (Wildman–Crippen LogP) is 0.564. The van der Waals surface area contributed by atoms with Gasteiger partial charge in [0.25, 0.3) is 0 Å². The molecule has 2 heteroatoms. The van der Waals surface area contributed by atoms with Gasteiger partial charge in [0.05, 0.1) is 5.41 Å². The molecule has 0 amide bonds. The van der Waals surface area contributed by atoms with E-state index in [9.17, 15) is 4.79 Å². The zero-order valence-corrected chi connectivity index (χ0v) is 6.48. The van der Waals surface area contributed by atoms with Crippen molar-refractivity contribution < 1.29 is 4.79 Å². The number of hydrogen-bond acceptors (Lipinski definition) is 2. The Balaban J connectivity index is 4.36. The normalized spacial score (nSPS) is 15.4. The number of ketones is 1. The molecule has 0 saturated carbocycles. The first-order valence-electron chi connectivity index (χ1n) is 3.32. The molecule has 2 nitrogen and oxygen atoms in total. The standard InChI is InChI=1S/C8H13NO/c1-4-7(10)8(3,5-2)6-9/h1H,5-6,9H2,2-3H3. The number of rotatable bonds is 3. The summed E-state index contributed by atoms with van der Waals surface area (Å²) in [4.78, 5) is 11.0. The third kappa shape index (κ3) is 1.58. The monoisotopic (exact) mass is 139 g/mol. The number of hydrogen-bond donors (Lipinski definition) is 1. The maximum absolute atomic E-state index is 11.0. The lowest BCUT2D eigenvalue weighted by atomic mass is 9.83. The largest absolute Gasteiger partial charge is 0.329 e. The number of terminal acetylenes is 1. The Hall–Kier alpha value is -0.810. The van der Waals surface area contributed by atoms with E-state index in [2.05, 4.69) is 5.92 Å². The van der Waals surface area contributed by atoms with Crippen LogP contribution in [0.5, 0.6) is 0 Å². The topological polar surface area (TPSA) is 43.1 Å². The molecule has 0 spiro atoms. The van der Waals surface area contributed by atoms with Gasteiger partial charge in [0, 0.05) is 6.54 Å². The molecular weight excluding hydrogens is 126 g/mol. The molecule has 0 aliphatic rings. The summed E-state index contributed by atoms with van der Waals surface area (Å²) in [5, 5.41) is 0. The highest BCUT2D eigenvalue weighted by Crippen LogP contribution is 2.19. The fourth-order valence-corrected chi connectivity index (χ4v) is 0.572. The second kappa shape index (κ2) is 3.38. The van der Waals surface area contributed by atoms with Crippen LogP contribution in [0.15, 0.2) is 0 Å². The molecule has 2 N–H and O–H groups in total. The first-order chi connectivity index (χ1) is 4.60. The molecule has 1 unspecified atom stereocenters. The van der Waals surface area contributed by atoms with Gasteiger partial charge in [0.2, 0.25) is 5.78 Å². The van der Waals surface area contributed by atoms with Crippen LogP contribution in [0.1, 0.15) is 20.3 Å². The molecule has 0 aromatic heterocycles. The smallest absolute Gasteiger partial charge is 0.212 e. The van der Waals surface area contributed by atoms with Crippen LogP contribution in [0.3, 0.4) is 0 Å². The summed E-state index contributed by atoms with van der Waals surface area (Å²) in [6.07, 6.45) is 5.66. The van der Waals surface area contributed by atoms with Crippen molar-refractivity contribution in [2.75, 3.05) is 6.54 Å². The zero-order valence-electron chi connectivity index (χ0n) is 6.48. The Morgan fingerprint density at radius 3 is 2.40 bits per heavy atom. The molecule has 0 aliphatic carbocycles. The highest BCUT2D eigenvalue weighted by molar-refractivity contribution is 5.99. The van der Waals surface area contributed by atoms with E-state index in [0.29, 0.717) is 13.0 Å². The van der Waals surface area contributed by atoms with Crippen molar-refractivity contribution in [3.63, 3.8) is 0 Å². The van der Waals surface area contributed by atoms with Crippen LogP contribution < -0.4 is 5.73 Å².